The Morgan fingerprint density at radius 3 is 2.25 bits per heavy atom. The average molecular weight is 416 g/mol. The van der Waals surface area contributed by atoms with Gasteiger partial charge in [-0.2, -0.15) is 0 Å². The largest absolute Gasteiger partial charge is 0.591 e. The molecule has 28 heavy (non-hydrogen) atoms. The third kappa shape index (κ3) is 5.43. The molecule has 3 nitrogen and oxygen atoms in total. The monoisotopic (exact) mass is 415 g/mol. The van der Waals surface area contributed by atoms with Gasteiger partial charge in [0.15, 0.2) is 5.05 Å². The summed E-state index contributed by atoms with van der Waals surface area (Å²) in [7, 11) is 1.58. The normalized spacial score (nSPS) is 13.6. The Balaban J connectivity index is 2.66. The number of benzene rings is 2. The quantitative estimate of drug-likeness (QED) is 0.357. The van der Waals surface area contributed by atoms with Crippen molar-refractivity contribution in [3.8, 4) is 11.1 Å². The first kappa shape index (κ1) is 22.6. The Morgan fingerprint density at radius 1 is 1.04 bits per heavy atom. The van der Waals surface area contributed by atoms with E-state index in [-0.39, 0.29) is 5.41 Å². The summed E-state index contributed by atoms with van der Waals surface area (Å²) < 4.78 is 21.7. The zero-order chi connectivity index (χ0) is 21.1. The second-order valence-electron chi connectivity index (χ2n) is 8.69. The predicted octanol–water partition coefficient (Wildman–Crippen LogP) is 5.85. The first-order valence-electron chi connectivity index (χ1n) is 9.23. The molecule has 0 aliphatic carbocycles. The summed E-state index contributed by atoms with van der Waals surface area (Å²) in [5.41, 5.74) is 4.90. The van der Waals surface area contributed by atoms with E-state index in [1.165, 1.54) is 5.56 Å². The topological polar surface area (TPSA) is 44.6 Å². The van der Waals surface area contributed by atoms with Gasteiger partial charge in [0, 0.05) is 11.1 Å². The van der Waals surface area contributed by atoms with Crippen molar-refractivity contribution in [3.05, 3.63) is 59.2 Å². The van der Waals surface area contributed by atoms with Crippen LogP contribution in [0.2, 0.25) is 0 Å². The van der Waals surface area contributed by atoms with Crippen molar-refractivity contribution < 1.29 is 9.29 Å². The number of hydrogen-bond acceptors (Lipinski definition) is 4. The average Bonchev–Trinajstić information content (AvgIpc) is 2.63. The van der Waals surface area contributed by atoms with E-state index < -0.39 is 16.1 Å². The van der Waals surface area contributed by atoms with Crippen LogP contribution in [0.5, 0.6) is 0 Å². The maximum absolute atomic E-state index is 12.5. The van der Waals surface area contributed by atoms with E-state index in [9.17, 15) is 4.55 Å². The number of nitrogens with zero attached hydrogens (tertiary/aromatic N) is 1. The Kier molecular flexibility index (Phi) is 7.07. The van der Waals surface area contributed by atoms with Crippen molar-refractivity contribution in [3.63, 3.8) is 0 Å². The smallest absolute Gasteiger partial charge is 0.191 e. The molecule has 2 aromatic carbocycles. The van der Waals surface area contributed by atoms with Crippen LogP contribution in [0.25, 0.3) is 11.1 Å². The van der Waals surface area contributed by atoms with Gasteiger partial charge in [-0.3, -0.25) is 0 Å². The summed E-state index contributed by atoms with van der Waals surface area (Å²) >= 11 is 4.06. The van der Waals surface area contributed by atoms with Crippen LogP contribution in [0.4, 0.5) is 0 Å². The lowest BCUT2D eigenvalue weighted by molar-refractivity contribution is 0.416. The standard InChI is InChI=1S/C23H29NO2S2/c1-22(2,3)17-12-13-18(16(14-17)15-24-28(25)23(4,5)6)19-10-8-9-11-20(19)21(27)26-7/h8-15H,1-7H3. The minimum absolute atomic E-state index is 0.00829. The molecule has 0 bridgehead atoms. The highest BCUT2D eigenvalue weighted by atomic mass is 32.2. The van der Waals surface area contributed by atoms with Crippen molar-refractivity contribution in [2.45, 2.75) is 51.7 Å². The molecule has 0 aliphatic rings. The second kappa shape index (κ2) is 8.76. The van der Waals surface area contributed by atoms with Gasteiger partial charge in [-0.15, -0.1) is 0 Å². The molecule has 0 spiro atoms. The Hall–Kier alpha value is -1.69. The molecule has 1 atom stereocenters. The van der Waals surface area contributed by atoms with Gasteiger partial charge in [0.1, 0.15) is 16.1 Å². The van der Waals surface area contributed by atoms with Crippen LogP contribution in [0.15, 0.2) is 46.9 Å². The predicted molar refractivity (Wildman–Crippen MR) is 125 cm³/mol. The van der Waals surface area contributed by atoms with E-state index in [1.54, 1.807) is 13.3 Å². The Bertz CT molecular complexity index is 877. The lowest BCUT2D eigenvalue weighted by Gasteiger charge is -2.22. The molecule has 0 N–H and O–H groups in total. The number of rotatable bonds is 4. The second-order valence-corrected chi connectivity index (χ2v) is 11.0. The zero-order valence-electron chi connectivity index (χ0n) is 17.7. The number of thiocarbonyl (C=S) groups is 1. The van der Waals surface area contributed by atoms with Crippen molar-refractivity contribution in [2.24, 2.45) is 4.40 Å². The maximum Gasteiger partial charge on any atom is 0.191 e. The molecule has 0 amide bonds. The third-order valence-electron chi connectivity index (χ3n) is 4.35. The summed E-state index contributed by atoms with van der Waals surface area (Å²) in [5, 5.41) is 0.441. The SMILES string of the molecule is COC(=S)c1ccccc1-c1ccc(C(C)(C)C)cc1C=N[S+]([O-])C(C)(C)C. The summed E-state index contributed by atoms with van der Waals surface area (Å²) in [4.78, 5) is 0. The van der Waals surface area contributed by atoms with Crippen LogP contribution in [0.1, 0.15) is 58.2 Å². The van der Waals surface area contributed by atoms with Crippen molar-refractivity contribution in [1.29, 1.82) is 0 Å². The highest BCUT2D eigenvalue weighted by molar-refractivity contribution is 7.91. The summed E-state index contributed by atoms with van der Waals surface area (Å²) in [6.07, 6.45) is 1.72. The molecule has 0 saturated carbocycles. The van der Waals surface area contributed by atoms with Crippen molar-refractivity contribution >= 4 is 34.8 Å². The van der Waals surface area contributed by atoms with E-state index >= 15 is 0 Å². The van der Waals surface area contributed by atoms with Gasteiger partial charge < -0.3 is 9.29 Å². The molecule has 1 unspecified atom stereocenters. The van der Waals surface area contributed by atoms with E-state index in [0.29, 0.717) is 5.05 Å². The molecule has 2 rings (SSSR count). The van der Waals surface area contributed by atoms with Crippen molar-refractivity contribution in [1.82, 2.24) is 0 Å². The highest BCUT2D eigenvalue weighted by Gasteiger charge is 2.26. The molecule has 0 aliphatic heterocycles. The van der Waals surface area contributed by atoms with Gasteiger partial charge in [-0.25, -0.2) is 0 Å². The molecule has 0 aromatic heterocycles. The molecule has 0 saturated heterocycles. The van der Waals surface area contributed by atoms with Gasteiger partial charge >= 0.3 is 0 Å². The minimum Gasteiger partial charge on any atom is -0.591 e. The van der Waals surface area contributed by atoms with Crippen LogP contribution in [-0.2, 0) is 21.5 Å². The lowest BCUT2D eigenvalue weighted by atomic mass is 9.84. The van der Waals surface area contributed by atoms with E-state index in [2.05, 4.69) is 43.4 Å². The van der Waals surface area contributed by atoms with Gasteiger partial charge in [0.2, 0.25) is 0 Å². The van der Waals surface area contributed by atoms with E-state index in [0.717, 1.165) is 22.3 Å². The molecule has 0 fully saturated rings. The fourth-order valence-electron chi connectivity index (χ4n) is 2.65. The molecule has 2 aromatic rings. The van der Waals surface area contributed by atoms with Gasteiger partial charge in [0.05, 0.1) is 13.3 Å². The number of methoxy groups -OCH3 is 1. The van der Waals surface area contributed by atoms with Crippen LogP contribution in [-0.4, -0.2) is 27.7 Å². The molecule has 5 heteroatoms. The summed E-state index contributed by atoms with van der Waals surface area (Å²) in [6, 6.07) is 14.2. The van der Waals surface area contributed by atoms with Gasteiger partial charge in [0.25, 0.3) is 0 Å². The van der Waals surface area contributed by atoms with E-state index in [1.807, 2.05) is 45.0 Å². The fraction of sp³-hybridized carbons (Fsp3) is 0.391. The molecule has 150 valence electrons. The minimum atomic E-state index is -1.33. The summed E-state index contributed by atoms with van der Waals surface area (Å²) in [6.45, 7) is 12.3. The van der Waals surface area contributed by atoms with Crippen LogP contribution < -0.4 is 0 Å². The summed E-state index contributed by atoms with van der Waals surface area (Å²) in [5.74, 6) is 0. The number of hydrogen-bond donors (Lipinski definition) is 0. The third-order valence-corrected chi connectivity index (χ3v) is 6.08. The Morgan fingerprint density at radius 2 is 1.68 bits per heavy atom. The van der Waals surface area contributed by atoms with Crippen LogP contribution in [0, 0.1) is 0 Å². The highest BCUT2D eigenvalue weighted by Crippen LogP contribution is 2.32. The zero-order valence-corrected chi connectivity index (χ0v) is 19.3. The molecule has 0 radical (unpaired) electrons. The van der Waals surface area contributed by atoms with Crippen molar-refractivity contribution in [2.75, 3.05) is 7.11 Å². The lowest BCUT2D eigenvalue weighted by Crippen LogP contribution is -2.25. The molecular formula is C23H29NO2S2. The van der Waals surface area contributed by atoms with Gasteiger partial charge in [-0.1, -0.05) is 55.5 Å². The van der Waals surface area contributed by atoms with E-state index in [4.69, 9.17) is 17.0 Å². The fourth-order valence-corrected chi connectivity index (χ4v) is 3.35. The first-order chi connectivity index (χ1) is 12.9. The van der Waals surface area contributed by atoms with Crippen LogP contribution in [0.3, 0.4) is 0 Å². The Labute approximate surface area is 177 Å². The number of ether oxygens (including phenoxy) is 1. The maximum atomic E-state index is 12.5. The first-order valence-corrected chi connectivity index (χ1v) is 10.7. The van der Waals surface area contributed by atoms with Crippen LogP contribution >= 0.6 is 12.2 Å². The molecular weight excluding hydrogens is 386 g/mol. The molecule has 0 heterocycles. The van der Waals surface area contributed by atoms with Gasteiger partial charge in [-0.05, 0) is 67.2 Å².